The number of ether oxygens (including phenoxy) is 2. The minimum absolute atomic E-state index is 0.0694. The number of methoxy groups -OCH3 is 2. The number of rotatable bonds is 3. The van der Waals surface area contributed by atoms with Gasteiger partial charge in [0.25, 0.3) is 0 Å². The molecule has 3 aromatic carbocycles. The van der Waals surface area contributed by atoms with Gasteiger partial charge in [0.15, 0.2) is 17.1 Å². The summed E-state index contributed by atoms with van der Waals surface area (Å²) in [5.74, 6) is 0.733. The fourth-order valence-corrected chi connectivity index (χ4v) is 5.06. The average Bonchev–Trinajstić information content (AvgIpc) is 3.33. The number of nitrogens with zero attached hydrogens (tertiary/aromatic N) is 1. The lowest BCUT2D eigenvalue weighted by molar-refractivity contribution is 0.356. The van der Waals surface area contributed by atoms with Crippen LogP contribution in [0.15, 0.2) is 57.7 Å². The van der Waals surface area contributed by atoms with Crippen LogP contribution in [0.5, 0.6) is 11.5 Å². The molecule has 6 nitrogen and oxygen atoms in total. The molecule has 0 bridgehead atoms. The van der Waals surface area contributed by atoms with E-state index in [9.17, 15) is 4.79 Å². The SMILES string of the molecule is COc1cc2nc3c(c(C)c2cc1OC)C(c1ccc(Cl)cc1)c1cc2[nH]c(=O)oc2cc1-3. The molecule has 1 atom stereocenters. The van der Waals surface area contributed by atoms with Gasteiger partial charge in [0.05, 0.1) is 30.9 Å². The predicted molar refractivity (Wildman–Crippen MR) is 128 cm³/mol. The largest absolute Gasteiger partial charge is 0.493 e. The molecule has 2 aromatic heterocycles. The first-order valence-corrected chi connectivity index (χ1v) is 10.8. The molecule has 6 rings (SSSR count). The molecule has 0 amide bonds. The number of hydrogen-bond donors (Lipinski definition) is 1. The van der Waals surface area contributed by atoms with E-state index in [-0.39, 0.29) is 5.92 Å². The maximum atomic E-state index is 11.8. The second-order valence-electron chi connectivity index (χ2n) is 8.16. The summed E-state index contributed by atoms with van der Waals surface area (Å²) in [5.41, 5.74) is 8.16. The van der Waals surface area contributed by atoms with Crippen LogP contribution in [-0.4, -0.2) is 24.2 Å². The molecule has 0 saturated carbocycles. The molecule has 2 heterocycles. The van der Waals surface area contributed by atoms with Crippen molar-refractivity contribution in [3.8, 4) is 22.8 Å². The monoisotopic (exact) mass is 458 g/mol. The maximum absolute atomic E-state index is 11.8. The van der Waals surface area contributed by atoms with E-state index >= 15 is 0 Å². The van der Waals surface area contributed by atoms with Gasteiger partial charge in [0, 0.05) is 28.0 Å². The lowest BCUT2D eigenvalue weighted by atomic mass is 9.86. The third kappa shape index (κ3) is 2.87. The van der Waals surface area contributed by atoms with Crippen LogP contribution in [-0.2, 0) is 0 Å². The van der Waals surface area contributed by atoms with Gasteiger partial charge in [-0.1, -0.05) is 23.7 Å². The van der Waals surface area contributed by atoms with Gasteiger partial charge in [-0.05, 0) is 59.5 Å². The Balaban J connectivity index is 1.72. The lowest BCUT2D eigenvalue weighted by Crippen LogP contribution is -2.03. The molecule has 33 heavy (non-hydrogen) atoms. The van der Waals surface area contributed by atoms with E-state index in [0.29, 0.717) is 27.6 Å². The predicted octanol–water partition coefficient (Wildman–Crippen LogP) is 5.81. The Kier molecular flexibility index (Phi) is 4.29. The fourth-order valence-electron chi connectivity index (χ4n) is 4.94. The quantitative estimate of drug-likeness (QED) is 0.362. The minimum atomic E-state index is -0.476. The van der Waals surface area contributed by atoms with E-state index in [0.717, 1.165) is 44.4 Å². The number of nitrogens with one attached hydrogen (secondary N) is 1. The van der Waals surface area contributed by atoms with Crippen molar-refractivity contribution in [3.05, 3.63) is 86.4 Å². The molecule has 1 unspecified atom stereocenters. The maximum Gasteiger partial charge on any atom is 0.417 e. The number of aromatic nitrogens is 2. The van der Waals surface area contributed by atoms with Crippen molar-refractivity contribution in [1.82, 2.24) is 9.97 Å². The van der Waals surface area contributed by atoms with Crippen LogP contribution in [0, 0.1) is 6.92 Å². The molecule has 7 heteroatoms. The number of oxazole rings is 1. The van der Waals surface area contributed by atoms with Crippen LogP contribution in [0.25, 0.3) is 33.3 Å². The number of pyridine rings is 1. The highest BCUT2D eigenvalue weighted by molar-refractivity contribution is 6.30. The third-order valence-corrected chi connectivity index (χ3v) is 6.70. The summed E-state index contributed by atoms with van der Waals surface area (Å²) < 4.78 is 16.4. The lowest BCUT2D eigenvalue weighted by Gasteiger charge is -2.18. The zero-order valence-electron chi connectivity index (χ0n) is 18.2. The van der Waals surface area contributed by atoms with Crippen molar-refractivity contribution >= 4 is 33.6 Å². The summed E-state index contributed by atoms with van der Waals surface area (Å²) in [4.78, 5) is 19.7. The molecule has 0 saturated heterocycles. The van der Waals surface area contributed by atoms with Crippen molar-refractivity contribution in [2.75, 3.05) is 14.2 Å². The van der Waals surface area contributed by atoms with Crippen molar-refractivity contribution in [2.24, 2.45) is 0 Å². The fraction of sp³-hybridized carbons (Fsp3) is 0.154. The van der Waals surface area contributed by atoms with E-state index in [1.165, 1.54) is 0 Å². The molecule has 1 aliphatic carbocycles. The van der Waals surface area contributed by atoms with Gasteiger partial charge in [-0.25, -0.2) is 9.78 Å². The van der Waals surface area contributed by atoms with Gasteiger partial charge < -0.3 is 13.9 Å². The number of hydrogen-bond acceptors (Lipinski definition) is 5. The molecule has 0 aliphatic heterocycles. The van der Waals surface area contributed by atoms with Crippen molar-refractivity contribution in [1.29, 1.82) is 0 Å². The Labute approximate surface area is 193 Å². The number of H-pyrrole nitrogens is 1. The summed E-state index contributed by atoms with van der Waals surface area (Å²) in [7, 11) is 3.24. The highest BCUT2D eigenvalue weighted by Crippen LogP contribution is 2.51. The first kappa shape index (κ1) is 19.9. The zero-order valence-corrected chi connectivity index (χ0v) is 18.9. The number of benzene rings is 3. The van der Waals surface area contributed by atoms with Gasteiger partial charge in [0.1, 0.15) is 0 Å². The zero-order chi connectivity index (χ0) is 22.9. The molecule has 1 N–H and O–H groups in total. The van der Waals surface area contributed by atoms with E-state index < -0.39 is 5.76 Å². The Hall–Kier alpha value is -3.77. The molecule has 0 radical (unpaired) electrons. The Morgan fingerprint density at radius 1 is 1.03 bits per heavy atom. The molecular formula is C26H19ClN2O4. The van der Waals surface area contributed by atoms with E-state index in [4.69, 9.17) is 30.5 Å². The molecule has 1 aliphatic rings. The topological polar surface area (TPSA) is 77.4 Å². The number of fused-ring (bicyclic) bond motifs is 5. The van der Waals surface area contributed by atoms with Crippen LogP contribution in [0.4, 0.5) is 0 Å². The van der Waals surface area contributed by atoms with E-state index in [1.54, 1.807) is 14.2 Å². The van der Waals surface area contributed by atoms with Crippen molar-refractivity contribution < 1.29 is 13.9 Å². The second-order valence-corrected chi connectivity index (χ2v) is 8.59. The Morgan fingerprint density at radius 3 is 2.48 bits per heavy atom. The summed E-state index contributed by atoms with van der Waals surface area (Å²) in [6.45, 7) is 2.11. The van der Waals surface area contributed by atoms with Crippen molar-refractivity contribution in [2.45, 2.75) is 12.8 Å². The third-order valence-electron chi connectivity index (χ3n) is 6.45. The van der Waals surface area contributed by atoms with Gasteiger partial charge in [-0.3, -0.25) is 4.98 Å². The summed E-state index contributed by atoms with van der Waals surface area (Å²) in [6.07, 6.45) is 0. The highest BCUT2D eigenvalue weighted by Gasteiger charge is 2.34. The summed E-state index contributed by atoms with van der Waals surface area (Å²) >= 11 is 6.18. The van der Waals surface area contributed by atoms with Gasteiger partial charge in [0.2, 0.25) is 0 Å². The molecule has 164 valence electrons. The first-order valence-electron chi connectivity index (χ1n) is 10.5. The van der Waals surface area contributed by atoms with Crippen LogP contribution >= 0.6 is 11.6 Å². The number of halogens is 1. The van der Waals surface area contributed by atoms with E-state index in [1.807, 2.05) is 48.5 Å². The summed E-state index contributed by atoms with van der Waals surface area (Å²) in [6, 6.07) is 15.6. The molecule has 0 fully saturated rings. The first-order chi connectivity index (χ1) is 16.0. The Morgan fingerprint density at radius 2 is 1.76 bits per heavy atom. The van der Waals surface area contributed by atoms with Crippen LogP contribution < -0.4 is 15.2 Å². The van der Waals surface area contributed by atoms with Gasteiger partial charge in [-0.2, -0.15) is 0 Å². The second kappa shape index (κ2) is 7.12. The molecule has 0 spiro atoms. The number of aryl methyl sites for hydroxylation is 1. The van der Waals surface area contributed by atoms with Crippen LogP contribution in [0.2, 0.25) is 5.02 Å². The average molecular weight is 459 g/mol. The normalized spacial score (nSPS) is 14.5. The summed E-state index contributed by atoms with van der Waals surface area (Å²) in [5, 5.41) is 1.67. The smallest absolute Gasteiger partial charge is 0.417 e. The minimum Gasteiger partial charge on any atom is -0.493 e. The number of aromatic amines is 1. The van der Waals surface area contributed by atoms with Gasteiger partial charge >= 0.3 is 5.76 Å². The van der Waals surface area contributed by atoms with Gasteiger partial charge in [-0.15, -0.1) is 0 Å². The van der Waals surface area contributed by atoms with Crippen LogP contribution in [0.3, 0.4) is 0 Å². The van der Waals surface area contributed by atoms with Crippen molar-refractivity contribution in [3.63, 3.8) is 0 Å². The Bertz CT molecular complexity index is 1630. The molecule has 5 aromatic rings. The van der Waals surface area contributed by atoms with E-state index in [2.05, 4.69) is 11.9 Å². The molecular weight excluding hydrogens is 440 g/mol. The highest BCUT2D eigenvalue weighted by atomic mass is 35.5. The van der Waals surface area contributed by atoms with Crippen LogP contribution in [0.1, 0.15) is 28.2 Å². The standard InChI is InChI=1S/C26H19ClN2O4/c1-12-15-9-21(31-2)22(32-3)11-18(15)28-25-17-10-20-19(29-26(30)33-20)8-16(17)24(23(12)25)13-4-6-14(27)7-5-13/h4-11,24H,1-3H3,(H,29,30).